The largest absolute Gasteiger partial charge is 0.481 e. The number of rotatable bonds is 3. The van der Waals surface area contributed by atoms with Crippen LogP contribution in [0.4, 0.5) is 5.69 Å². The minimum absolute atomic E-state index is 0.0937. The molecule has 0 radical (unpaired) electrons. The highest BCUT2D eigenvalue weighted by Gasteiger charge is 2.42. The lowest BCUT2D eigenvalue weighted by Crippen LogP contribution is -2.48. The van der Waals surface area contributed by atoms with Crippen molar-refractivity contribution in [1.29, 1.82) is 0 Å². The molecule has 1 fully saturated rings. The van der Waals surface area contributed by atoms with E-state index in [1.807, 2.05) is 18.2 Å². The Kier molecular flexibility index (Phi) is 2.36. The summed E-state index contributed by atoms with van der Waals surface area (Å²) in [4.78, 5) is 10.8. The van der Waals surface area contributed by atoms with Crippen LogP contribution in [0.25, 0.3) is 0 Å². The lowest BCUT2D eigenvalue weighted by atomic mass is 9.76. The zero-order valence-corrected chi connectivity index (χ0v) is 8.27. The van der Waals surface area contributed by atoms with Crippen molar-refractivity contribution in [2.45, 2.75) is 11.8 Å². The SMILES string of the molecule is Nc1cccc(C2(CC(=O)O)COC2)c1. The van der Waals surface area contributed by atoms with E-state index in [-0.39, 0.29) is 11.8 Å². The molecule has 1 aliphatic heterocycles. The Labute approximate surface area is 87.7 Å². The van der Waals surface area contributed by atoms with Gasteiger partial charge in [0, 0.05) is 5.69 Å². The first-order chi connectivity index (χ1) is 7.12. The Hall–Kier alpha value is -1.55. The first-order valence-electron chi connectivity index (χ1n) is 4.78. The smallest absolute Gasteiger partial charge is 0.304 e. The van der Waals surface area contributed by atoms with E-state index in [1.165, 1.54) is 0 Å². The molecule has 15 heavy (non-hydrogen) atoms. The van der Waals surface area contributed by atoms with E-state index in [4.69, 9.17) is 15.6 Å². The number of hydrogen-bond donors (Lipinski definition) is 2. The summed E-state index contributed by atoms with van der Waals surface area (Å²) in [6, 6.07) is 7.36. The van der Waals surface area contributed by atoms with Crippen molar-refractivity contribution >= 4 is 11.7 Å². The molecule has 3 N–H and O–H groups in total. The lowest BCUT2D eigenvalue weighted by Gasteiger charge is -2.40. The second-order valence-corrected chi connectivity index (χ2v) is 3.97. The highest BCUT2D eigenvalue weighted by atomic mass is 16.5. The Balaban J connectivity index is 2.29. The van der Waals surface area contributed by atoms with Crippen LogP contribution in [0.2, 0.25) is 0 Å². The minimum Gasteiger partial charge on any atom is -0.481 e. The third-order valence-electron chi connectivity index (χ3n) is 2.75. The maximum absolute atomic E-state index is 10.8. The van der Waals surface area contributed by atoms with Gasteiger partial charge in [0.1, 0.15) is 0 Å². The van der Waals surface area contributed by atoms with E-state index >= 15 is 0 Å². The first-order valence-corrected chi connectivity index (χ1v) is 4.78. The van der Waals surface area contributed by atoms with E-state index in [0.717, 1.165) is 5.56 Å². The monoisotopic (exact) mass is 207 g/mol. The molecule has 0 saturated carbocycles. The summed E-state index contributed by atoms with van der Waals surface area (Å²) in [5, 5.41) is 8.86. The van der Waals surface area contributed by atoms with Gasteiger partial charge < -0.3 is 15.6 Å². The van der Waals surface area contributed by atoms with E-state index in [1.54, 1.807) is 6.07 Å². The summed E-state index contributed by atoms with van der Waals surface area (Å²) in [6.45, 7) is 0.922. The number of aliphatic carboxylic acids is 1. The van der Waals surface area contributed by atoms with Gasteiger partial charge >= 0.3 is 5.97 Å². The molecule has 1 aliphatic rings. The number of benzene rings is 1. The van der Waals surface area contributed by atoms with Gasteiger partial charge in [0.25, 0.3) is 0 Å². The molecule has 80 valence electrons. The molecule has 2 rings (SSSR count). The molecule has 0 spiro atoms. The maximum atomic E-state index is 10.8. The average molecular weight is 207 g/mol. The summed E-state index contributed by atoms with van der Waals surface area (Å²) >= 11 is 0. The van der Waals surface area contributed by atoms with Gasteiger partial charge in [-0.25, -0.2) is 0 Å². The van der Waals surface area contributed by atoms with Gasteiger partial charge in [-0.2, -0.15) is 0 Å². The predicted octanol–water partition coefficient (Wildman–Crippen LogP) is 1.01. The fourth-order valence-electron chi connectivity index (χ4n) is 1.88. The number of carboxylic acids is 1. The second kappa shape index (κ2) is 3.55. The zero-order valence-electron chi connectivity index (χ0n) is 8.27. The average Bonchev–Trinajstić information content (AvgIpc) is 2.11. The van der Waals surface area contributed by atoms with Gasteiger partial charge in [0.05, 0.1) is 25.0 Å². The lowest BCUT2D eigenvalue weighted by molar-refractivity contribution is -0.145. The topological polar surface area (TPSA) is 72.6 Å². The molecule has 0 amide bonds. The van der Waals surface area contributed by atoms with Crippen molar-refractivity contribution in [1.82, 2.24) is 0 Å². The van der Waals surface area contributed by atoms with Crippen molar-refractivity contribution in [2.75, 3.05) is 18.9 Å². The summed E-state index contributed by atoms with van der Waals surface area (Å²) in [6.07, 6.45) is 0.0937. The number of nitrogen functional groups attached to an aromatic ring is 1. The standard InChI is InChI=1S/C11H13NO3/c12-9-3-1-2-8(4-9)11(5-10(13)14)6-15-7-11/h1-4H,5-7,12H2,(H,13,14). The number of carbonyl (C=O) groups is 1. The summed E-state index contributed by atoms with van der Waals surface area (Å²) in [5.74, 6) is -0.805. The van der Waals surface area contributed by atoms with Crippen LogP contribution in [-0.4, -0.2) is 24.3 Å². The molecule has 4 nitrogen and oxygen atoms in total. The number of anilines is 1. The Morgan fingerprint density at radius 1 is 1.53 bits per heavy atom. The van der Waals surface area contributed by atoms with Crippen LogP contribution in [0.5, 0.6) is 0 Å². The van der Waals surface area contributed by atoms with E-state index < -0.39 is 5.97 Å². The van der Waals surface area contributed by atoms with Crippen LogP contribution in [-0.2, 0) is 14.9 Å². The second-order valence-electron chi connectivity index (χ2n) is 3.97. The number of nitrogens with two attached hydrogens (primary N) is 1. The van der Waals surface area contributed by atoms with Crippen LogP contribution in [0.1, 0.15) is 12.0 Å². The van der Waals surface area contributed by atoms with Crippen molar-refractivity contribution in [2.24, 2.45) is 0 Å². The molecule has 0 unspecified atom stereocenters. The van der Waals surface area contributed by atoms with Crippen LogP contribution < -0.4 is 5.73 Å². The van der Waals surface area contributed by atoms with Crippen LogP contribution in [0.3, 0.4) is 0 Å². The molecule has 0 aromatic heterocycles. The number of carboxylic acid groups (broad SMARTS) is 1. The quantitative estimate of drug-likeness (QED) is 0.725. The zero-order chi connectivity index (χ0) is 10.9. The number of hydrogen-bond acceptors (Lipinski definition) is 3. The predicted molar refractivity (Wildman–Crippen MR) is 55.6 cm³/mol. The molecule has 1 heterocycles. The van der Waals surface area contributed by atoms with Crippen molar-refractivity contribution in [3.63, 3.8) is 0 Å². The molecule has 1 aromatic carbocycles. The molecule has 1 saturated heterocycles. The highest BCUT2D eigenvalue weighted by molar-refractivity contribution is 5.69. The molecule has 1 aromatic rings. The van der Waals surface area contributed by atoms with E-state index in [2.05, 4.69) is 0 Å². The summed E-state index contributed by atoms with van der Waals surface area (Å²) in [5.41, 5.74) is 6.91. The van der Waals surface area contributed by atoms with Crippen LogP contribution in [0.15, 0.2) is 24.3 Å². The molecule has 0 aliphatic carbocycles. The third-order valence-corrected chi connectivity index (χ3v) is 2.75. The molecule has 0 atom stereocenters. The van der Waals surface area contributed by atoms with Crippen LogP contribution >= 0.6 is 0 Å². The van der Waals surface area contributed by atoms with Gasteiger partial charge in [-0.15, -0.1) is 0 Å². The van der Waals surface area contributed by atoms with Crippen molar-refractivity contribution < 1.29 is 14.6 Å². The Morgan fingerprint density at radius 2 is 2.27 bits per heavy atom. The van der Waals surface area contributed by atoms with Crippen molar-refractivity contribution in [3.05, 3.63) is 29.8 Å². The Bertz CT molecular complexity index is 385. The number of ether oxygens (including phenoxy) is 1. The van der Waals surface area contributed by atoms with Gasteiger partial charge in [-0.1, -0.05) is 12.1 Å². The molecular formula is C11H13NO3. The van der Waals surface area contributed by atoms with Crippen LogP contribution in [0, 0.1) is 0 Å². The minimum atomic E-state index is -0.805. The summed E-state index contributed by atoms with van der Waals surface area (Å²) < 4.78 is 5.13. The molecular weight excluding hydrogens is 194 g/mol. The maximum Gasteiger partial charge on any atom is 0.304 e. The molecule has 4 heteroatoms. The first kappa shape index (κ1) is 9.98. The molecule has 0 bridgehead atoms. The van der Waals surface area contributed by atoms with Gasteiger partial charge in [-0.3, -0.25) is 4.79 Å². The van der Waals surface area contributed by atoms with E-state index in [9.17, 15) is 4.79 Å². The van der Waals surface area contributed by atoms with Gasteiger partial charge in [-0.05, 0) is 17.7 Å². The fraction of sp³-hybridized carbons (Fsp3) is 0.364. The van der Waals surface area contributed by atoms with Crippen molar-refractivity contribution in [3.8, 4) is 0 Å². The summed E-state index contributed by atoms with van der Waals surface area (Å²) in [7, 11) is 0. The van der Waals surface area contributed by atoms with Gasteiger partial charge in [0.15, 0.2) is 0 Å². The fourth-order valence-corrected chi connectivity index (χ4v) is 1.88. The Morgan fingerprint density at radius 3 is 2.73 bits per heavy atom. The third kappa shape index (κ3) is 1.80. The normalized spacial score (nSPS) is 18.1. The van der Waals surface area contributed by atoms with Gasteiger partial charge in [0.2, 0.25) is 0 Å². The van der Waals surface area contributed by atoms with E-state index in [0.29, 0.717) is 18.9 Å². The highest BCUT2D eigenvalue weighted by Crippen LogP contribution is 2.36.